The van der Waals surface area contributed by atoms with Crippen LogP contribution in [0.5, 0.6) is 0 Å². The van der Waals surface area contributed by atoms with E-state index in [0.29, 0.717) is 42.7 Å². The predicted molar refractivity (Wildman–Crippen MR) is 73.9 cm³/mol. The number of ether oxygens (including phenoxy) is 1. The molecule has 0 aromatic carbocycles. The van der Waals surface area contributed by atoms with Gasteiger partial charge in [-0.15, -0.1) is 0 Å². The van der Waals surface area contributed by atoms with Crippen molar-refractivity contribution in [2.24, 2.45) is 0 Å². The molecule has 0 aliphatic heterocycles. The van der Waals surface area contributed by atoms with E-state index in [1.165, 1.54) is 12.8 Å². The van der Waals surface area contributed by atoms with Gasteiger partial charge in [-0.05, 0) is 19.8 Å². The number of nitrogens with one attached hydrogen (secondary N) is 1. The van der Waals surface area contributed by atoms with E-state index in [1.54, 1.807) is 6.92 Å². The molecular formula is C13H18ClN3O2. The molecule has 1 aliphatic carbocycles. The number of carbonyl (C=O) groups is 1. The van der Waals surface area contributed by atoms with Crippen LogP contribution in [0.3, 0.4) is 0 Å². The minimum absolute atomic E-state index is 0.182. The Morgan fingerprint density at radius 2 is 2.16 bits per heavy atom. The number of halogens is 1. The maximum absolute atomic E-state index is 11.0. The van der Waals surface area contributed by atoms with E-state index in [2.05, 4.69) is 15.3 Å². The van der Waals surface area contributed by atoms with Crippen LogP contribution in [0.4, 0.5) is 5.82 Å². The number of aromatic nitrogens is 2. The van der Waals surface area contributed by atoms with Gasteiger partial charge in [0.05, 0.1) is 18.3 Å². The molecule has 1 fully saturated rings. The molecule has 5 nitrogen and oxygen atoms in total. The molecule has 1 N–H and O–H groups in total. The quantitative estimate of drug-likeness (QED) is 0.494. The van der Waals surface area contributed by atoms with E-state index in [-0.39, 0.29) is 5.15 Å². The first kappa shape index (κ1) is 14.2. The summed E-state index contributed by atoms with van der Waals surface area (Å²) in [5, 5.41) is 3.26. The molecule has 0 bridgehead atoms. The first-order chi connectivity index (χ1) is 9.20. The van der Waals surface area contributed by atoms with Crippen molar-refractivity contribution in [2.45, 2.75) is 38.7 Å². The van der Waals surface area contributed by atoms with Crippen molar-refractivity contribution in [3.8, 4) is 0 Å². The van der Waals surface area contributed by atoms with Crippen LogP contribution in [0.25, 0.3) is 0 Å². The molecule has 1 aromatic rings. The molecule has 6 heteroatoms. The van der Waals surface area contributed by atoms with Crippen LogP contribution in [-0.4, -0.2) is 35.5 Å². The van der Waals surface area contributed by atoms with E-state index >= 15 is 0 Å². The minimum Gasteiger partial charge on any atom is -0.376 e. The van der Waals surface area contributed by atoms with Gasteiger partial charge in [-0.2, -0.15) is 0 Å². The molecule has 0 radical (unpaired) electrons. The smallest absolute Gasteiger partial charge is 0.156 e. The van der Waals surface area contributed by atoms with Crippen molar-refractivity contribution in [3.05, 3.63) is 16.5 Å². The molecule has 1 aromatic heterocycles. The molecule has 1 saturated carbocycles. The molecule has 2 rings (SSSR count). The van der Waals surface area contributed by atoms with Gasteiger partial charge < -0.3 is 10.1 Å². The lowest BCUT2D eigenvalue weighted by Crippen LogP contribution is -2.17. The van der Waals surface area contributed by atoms with Crippen LogP contribution < -0.4 is 5.32 Å². The third-order valence-electron chi connectivity index (χ3n) is 3.18. The van der Waals surface area contributed by atoms with E-state index in [0.717, 1.165) is 12.8 Å². The molecule has 1 heterocycles. The normalized spacial score (nSPS) is 15.7. The number of aryl methyl sites for hydroxylation is 1. The van der Waals surface area contributed by atoms with Crippen LogP contribution in [-0.2, 0) is 4.74 Å². The Morgan fingerprint density at radius 3 is 2.84 bits per heavy atom. The van der Waals surface area contributed by atoms with Crippen molar-refractivity contribution >= 4 is 23.7 Å². The summed E-state index contributed by atoms with van der Waals surface area (Å²) >= 11 is 5.90. The molecule has 0 spiro atoms. The van der Waals surface area contributed by atoms with E-state index < -0.39 is 0 Å². The van der Waals surface area contributed by atoms with Gasteiger partial charge in [0.1, 0.15) is 16.8 Å². The number of hydrogen-bond donors (Lipinski definition) is 1. The number of carbonyl (C=O) groups excluding carboxylic acids is 1. The first-order valence-electron chi connectivity index (χ1n) is 6.55. The van der Waals surface area contributed by atoms with Gasteiger partial charge in [-0.1, -0.05) is 24.4 Å². The van der Waals surface area contributed by atoms with Crippen molar-refractivity contribution in [1.29, 1.82) is 0 Å². The highest BCUT2D eigenvalue weighted by Crippen LogP contribution is 2.21. The zero-order chi connectivity index (χ0) is 13.7. The van der Waals surface area contributed by atoms with E-state index in [9.17, 15) is 4.79 Å². The zero-order valence-electron chi connectivity index (χ0n) is 11.0. The molecule has 1 aliphatic rings. The van der Waals surface area contributed by atoms with Crippen LogP contribution in [0.1, 0.15) is 41.9 Å². The summed E-state index contributed by atoms with van der Waals surface area (Å²) in [7, 11) is 0. The Kier molecular flexibility index (Phi) is 5.10. The summed E-state index contributed by atoms with van der Waals surface area (Å²) in [6.45, 7) is 2.94. The number of aldehydes is 1. The number of anilines is 1. The fourth-order valence-corrected chi connectivity index (χ4v) is 2.49. The molecule has 19 heavy (non-hydrogen) atoms. The lowest BCUT2D eigenvalue weighted by molar-refractivity contribution is 0.0658. The van der Waals surface area contributed by atoms with Gasteiger partial charge in [0.25, 0.3) is 0 Å². The van der Waals surface area contributed by atoms with Crippen LogP contribution >= 0.6 is 11.6 Å². The third-order valence-corrected chi connectivity index (χ3v) is 3.47. The van der Waals surface area contributed by atoms with Crippen molar-refractivity contribution in [3.63, 3.8) is 0 Å². The summed E-state index contributed by atoms with van der Waals surface area (Å²) in [4.78, 5) is 19.1. The third kappa shape index (κ3) is 3.88. The monoisotopic (exact) mass is 283 g/mol. The average molecular weight is 284 g/mol. The molecule has 0 saturated heterocycles. The van der Waals surface area contributed by atoms with Crippen molar-refractivity contribution < 1.29 is 9.53 Å². The van der Waals surface area contributed by atoms with Crippen molar-refractivity contribution in [1.82, 2.24) is 9.97 Å². The van der Waals surface area contributed by atoms with Gasteiger partial charge in [0.2, 0.25) is 0 Å². The SMILES string of the molecule is Cc1nc(Cl)c(C=O)c(NCCOC2CCCC2)n1. The van der Waals surface area contributed by atoms with Gasteiger partial charge in [-0.25, -0.2) is 9.97 Å². The summed E-state index contributed by atoms with van der Waals surface area (Å²) < 4.78 is 5.73. The fraction of sp³-hybridized carbons (Fsp3) is 0.615. The van der Waals surface area contributed by atoms with Gasteiger partial charge >= 0.3 is 0 Å². The molecule has 0 amide bonds. The van der Waals surface area contributed by atoms with Gasteiger partial charge in [0.15, 0.2) is 6.29 Å². The average Bonchev–Trinajstić information content (AvgIpc) is 2.87. The second kappa shape index (κ2) is 6.82. The maximum atomic E-state index is 11.0. The summed E-state index contributed by atoms with van der Waals surface area (Å²) in [5.74, 6) is 1.01. The van der Waals surface area contributed by atoms with Crippen molar-refractivity contribution in [2.75, 3.05) is 18.5 Å². The van der Waals surface area contributed by atoms with Crippen LogP contribution in [0.2, 0.25) is 5.15 Å². The Morgan fingerprint density at radius 1 is 1.42 bits per heavy atom. The largest absolute Gasteiger partial charge is 0.376 e. The Balaban J connectivity index is 1.86. The number of hydrogen-bond acceptors (Lipinski definition) is 5. The molecule has 0 atom stereocenters. The first-order valence-corrected chi connectivity index (χ1v) is 6.93. The minimum atomic E-state index is 0.182. The molecule has 0 unspecified atom stereocenters. The Hall–Kier alpha value is -1.20. The molecule has 104 valence electrons. The highest BCUT2D eigenvalue weighted by Gasteiger charge is 2.15. The lowest BCUT2D eigenvalue weighted by Gasteiger charge is -2.13. The second-order valence-corrected chi connectivity index (χ2v) is 5.00. The van der Waals surface area contributed by atoms with Gasteiger partial charge in [0, 0.05) is 6.54 Å². The fourth-order valence-electron chi connectivity index (χ4n) is 2.24. The standard InChI is InChI=1S/C13H18ClN3O2/c1-9-16-12(14)11(8-18)13(17-9)15-6-7-19-10-4-2-3-5-10/h8,10H,2-7H2,1H3,(H,15,16,17). The van der Waals surface area contributed by atoms with Crippen LogP contribution in [0, 0.1) is 6.92 Å². The van der Waals surface area contributed by atoms with E-state index in [4.69, 9.17) is 16.3 Å². The van der Waals surface area contributed by atoms with E-state index in [1.807, 2.05) is 0 Å². The second-order valence-electron chi connectivity index (χ2n) is 4.65. The highest BCUT2D eigenvalue weighted by atomic mass is 35.5. The zero-order valence-corrected chi connectivity index (χ0v) is 11.7. The summed E-state index contributed by atoms with van der Waals surface area (Å²) in [5.41, 5.74) is 0.299. The predicted octanol–water partition coefficient (Wildman–Crippen LogP) is 2.62. The maximum Gasteiger partial charge on any atom is 0.156 e. The highest BCUT2D eigenvalue weighted by molar-refractivity contribution is 6.32. The molecular weight excluding hydrogens is 266 g/mol. The summed E-state index contributed by atoms with van der Waals surface area (Å²) in [6, 6.07) is 0. The van der Waals surface area contributed by atoms with Crippen LogP contribution in [0.15, 0.2) is 0 Å². The Labute approximate surface area is 117 Å². The lowest BCUT2D eigenvalue weighted by atomic mass is 10.3. The Bertz CT molecular complexity index is 448. The number of rotatable bonds is 6. The number of nitrogens with zero attached hydrogens (tertiary/aromatic N) is 2. The topological polar surface area (TPSA) is 64.1 Å². The summed E-state index contributed by atoms with van der Waals surface area (Å²) in [6.07, 6.45) is 5.88. The van der Waals surface area contributed by atoms with Gasteiger partial charge in [-0.3, -0.25) is 4.79 Å².